The van der Waals surface area contributed by atoms with Crippen molar-refractivity contribution >= 4 is 37.4 Å². The second-order valence-corrected chi connectivity index (χ2v) is 15.2. The quantitative estimate of drug-likeness (QED) is 0.114. The normalized spacial score (nSPS) is 15.6. The molecule has 5 rings (SSSR count). The number of halogens is 6. The van der Waals surface area contributed by atoms with Crippen molar-refractivity contribution in [3.8, 4) is 5.88 Å². The highest BCUT2D eigenvalue weighted by Gasteiger charge is 2.43. The summed E-state index contributed by atoms with van der Waals surface area (Å²) in [6.07, 6.45) is -9.97. The molecule has 1 unspecified atom stereocenters. The van der Waals surface area contributed by atoms with Crippen LogP contribution in [0.5, 0.6) is 5.88 Å². The van der Waals surface area contributed by atoms with Crippen molar-refractivity contribution in [2.45, 2.75) is 66.3 Å². The monoisotopic (exact) mass is 774 g/mol. The fourth-order valence-corrected chi connectivity index (χ4v) is 7.16. The lowest BCUT2D eigenvalue weighted by molar-refractivity contribution is -0.169. The third-order valence-electron chi connectivity index (χ3n) is 7.15. The number of carbonyl (C=O) groups is 1. The fraction of sp³-hybridized carbons (Fsp3) is 0.303. The van der Waals surface area contributed by atoms with Crippen LogP contribution in [0.2, 0.25) is 0 Å². The Morgan fingerprint density at radius 3 is 1.98 bits per heavy atom. The molecule has 0 aliphatic heterocycles. The summed E-state index contributed by atoms with van der Waals surface area (Å²) >= 11 is 0. The Bertz CT molecular complexity index is 2060. The Labute approximate surface area is 295 Å². The van der Waals surface area contributed by atoms with Crippen molar-refractivity contribution in [2.75, 3.05) is 11.9 Å². The van der Waals surface area contributed by atoms with E-state index in [1.807, 2.05) is 30.3 Å². The molecule has 1 fully saturated rings. The van der Waals surface area contributed by atoms with Crippen molar-refractivity contribution in [3.63, 3.8) is 0 Å². The molecule has 1 amide bonds. The molecule has 2 N–H and O–H groups in total. The van der Waals surface area contributed by atoms with Crippen molar-refractivity contribution in [3.05, 3.63) is 102 Å². The summed E-state index contributed by atoms with van der Waals surface area (Å²) < 4.78 is 136. The molecule has 0 bridgehead atoms. The highest BCUT2D eigenvalue weighted by Crippen LogP contribution is 2.38. The zero-order valence-electron chi connectivity index (χ0n) is 27.3. The summed E-state index contributed by atoms with van der Waals surface area (Å²) in [4.78, 5) is 18.9. The Balaban J connectivity index is 0.000000521. The van der Waals surface area contributed by atoms with Crippen LogP contribution in [0, 0.1) is 0 Å². The van der Waals surface area contributed by atoms with Crippen LogP contribution in [-0.4, -0.2) is 57.2 Å². The van der Waals surface area contributed by atoms with Gasteiger partial charge in [-0.3, -0.25) is 9.35 Å². The second kappa shape index (κ2) is 16.4. The molecule has 280 valence electrons. The van der Waals surface area contributed by atoms with Gasteiger partial charge in [-0.05, 0) is 68.7 Å². The fourth-order valence-electron chi connectivity index (χ4n) is 4.37. The topological polar surface area (TPSA) is 157 Å². The average molecular weight is 775 g/mol. The molecule has 1 heterocycles. The van der Waals surface area contributed by atoms with Gasteiger partial charge in [0.05, 0.1) is 27.3 Å². The molecule has 0 radical (unpaired) electrons. The Hall–Kier alpha value is -4.59. The Kier molecular flexibility index (Phi) is 12.7. The molecule has 11 nitrogen and oxygen atoms in total. The molecule has 1 aromatic heterocycles. The Morgan fingerprint density at radius 2 is 1.48 bits per heavy atom. The minimum atomic E-state index is -5.26. The van der Waals surface area contributed by atoms with Crippen molar-refractivity contribution in [1.29, 1.82) is 0 Å². The van der Waals surface area contributed by atoms with E-state index in [1.165, 1.54) is 43.3 Å². The molecular weight excluding hydrogens is 743 g/mol. The molecule has 4 aromatic rings. The predicted octanol–water partition coefficient (Wildman–Crippen LogP) is 7.80. The van der Waals surface area contributed by atoms with Gasteiger partial charge in [-0.15, -0.1) is 4.36 Å². The van der Waals surface area contributed by atoms with Crippen LogP contribution < -0.4 is 10.1 Å². The Morgan fingerprint density at radius 1 is 0.904 bits per heavy atom. The largest absolute Gasteiger partial charge is 0.474 e. The molecule has 19 heteroatoms. The third kappa shape index (κ3) is 11.2. The van der Waals surface area contributed by atoms with E-state index < -0.39 is 60.9 Å². The second-order valence-electron chi connectivity index (χ2n) is 11.3. The number of hydrogen-bond acceptors (Lipinski definition) is 9. The summed E-state index contributed by atoms with van der Waals surface area (Å²) in [6.45, 7) is 3.29. The zero-order valence-corrected chi connectivity index (χ0v) is 29.0. The van der Waals surface area contributed by atoms with Crippen molar-refractivity contribution in [1.82, 2.24) is 9.97 Å². The maximum Gasteiger partial charge on any atom is 0.474 e. The number of aromatic nitrogens is 2. The lowest BCUT2D eigenvalue weighted by Gasteiger charge is -2.20. The predicted molar refractivity (Wildman–Crippen MR) is 177 cm³/mol. The molecule has 1 aliphatic rings. The van der Waals surface area contributed by atoms with E-state index >= 15 is 0 Å². The standard InChI is InChI=1S/C27H26F6N4O4S.C6H6O3S/c1-16(15-40-17(2)18-6-4-3-5-7-18)41-23-22(26(28,29)30)14-34-25(36-23)35-19-8-10-20(11-9-19)42(39,21-12-13-21)37-24(38)27(31,32)33;7-10(8,9)6-4-2-1-3-5-6/h3-11,14,16-17,21H,12-13,15H2,1-2H3,(H,34,35,36);1-5H,(H,7,8,9)/t16-,17+,42?;/m1./s1. The first-order valence-electron chi connectivity index (χ1n) is 15.3. The molecule has 1 aliphatic carbocycles. The molecule has 0 saturated heterocycles. The summed E-state index contributed by atoms with van der Waals surface area (Å²) in [7, 11) is -7.68. The lowest BCUT2D eigenvalue weighted by Crippen LogP contribution is -2.23. The minimum Gasteiger partial charge on any atom is -0.472 e. The number of ether oxygens (including phenoxy) is 2. The minimum absolute atomic E-state index is 0.0379. The van der Waals surface area contributed by atoms with Crippen LogP contribution in [-0.2, 0) is 35.6 Å². The number of amides is 1. The maximum atomic E-state index is 13.6. The summed E-state index contributed by atoms with van der Waals surface area (Å²) in [5.74, 6) is -3.43. The van der Waals surface area contributed by atoms with Gasteiger partial charge in [-0.1, -0.05) is 48.5 Å². The van der Waals surface area contributed by atoms with Gasteiger partial charge in [-0.25, -0.2) is 9.19 Å². The first-order valence-corrected chi connectivity index (χ1v) is 18.3. The van der Waals surface area contributed by atoms with Crippen LogP contribution in [0.15, 0.2) is 105 Å². The van der Waals surface area contributed by atoms with Gasteiger partial charge < -0.3 is 14.8 Å². The highest BCUT2D eigenvalue weighted by atomic mass is 32.2. The SMILES string of the molecule is C[C@H](CO[C@@H](C)c1ccccc1)Oc1nc(Nc2ccc(S(=O)(=NC(=O)C(F)(F)F)C3CC3)cc2)ncc1C(F)(F)F.O=S(=O)(O)c1ccccc1. The number of nitrogens with one attached hydrogen (secondary N) is 1. The highest BCUT2D eigenvalue weighted by molar-refractivity contribution is 7.94. The first-order chi connectivity index (χ1) is 24.3. The van der Waals surface area contributed by atoms with Gasteiger partial charge in [-0.2, -0.15) is 39.7 Å². The number of alkyl halides is 6. The smallest absolute Gasteiger partial charge is 0.472 e. The van der Waals surface area contributed by atoms with Gasteiger partial charge in [0.1, 0.15) is 11.7 Å². The molecule has 0 spiro atoms. The van der Waals surface area contributed by atoms with E-state index in [0.29, 0.717) is 19.0 Å². The summed E-state index contributed by atoms with van der Waals surface area (Å²) in [6, 6.07) is 21.7. The zero-order chi connectivity index (χ0) is 38.3. The molecule has 3 aromatic carbocycles. The van der Waals surface area contributed by atoms with E-state index in [9.17, 15) is 43.8 Å². The van der Waals surface area contributed by atoms with Crippen LogP contribution in [0.3, 0.4) is 0 Å². The number of benzene rings is 3. The van der Waals surface area contributed by atoms with Crippen molar-refractivity contribution < 1.29 is 57.8 Å². The van der Waals surface area contributed by atoms with E-state index in [1.54, 1.807) is 25.1 Å². The van der Waals surface area contributed by atoms with Gasteiger partial charge >= 0.3 is 18.3 Å². The number of nitrogens with zero attached hydrogens (tertiary/aromatic N) is 3. The van der Waals surface area contributed by atoms with E-state index in [4.69, 9.17) is 14.0 Å². The van der Waals surface area contributed by atoms with Gasteiger partial charge in [0.2, 0.25) is 11.8 Å². The number of carbonyl (C=O) groups excluding carboxylic acids is 1. The van der Waals surface area contributed by atoms with Gasteiger partial charge in [0.15, 0.2) is 0 Å². The molecule has 52 heavy (non-hydrogen) atoms. The number of rotatable bonds is 11. The summed E-state index contributed by atoms with van der Waals surface area (Å²) in [5, 5.41) is 1.99. The van der Waals surface area contributed by atoms with Crippen LogP contribution >= 0.6 is 0 Å². The van der Waals surface area contributed by atoms with Crippen LogP contribution in [0.1, 0.15) is 43.9 Å². The maximum absolute atomic E-state index is 13.6. The van der Waals surface area contributed by atoms with Crippen LogP contribution in [0.25, 0.3) is 0 Å². The van der Waals surface area contributed by atoms with E-state index in [2.05, 4.69) is 19.6 Å². The third-order valence-corrected chi connectivity index (χ3v) is 10.8. The molecule has 1 saturated carbocycles. The van der Waals surface area contributed by atoms with Crippen LogP contribution in [0.4, 0.5) is 38.0 Å². The average Bonchev–Trinajstić information content (AvgIpc) is 3.94. The van der Waals surface area contributed by atoms with Crippen molar-refractivity contribution in [2.24, 2.45) is 4.36 Å². The van der Waals surface area contributed by atoms with Gasteiger partial charge in [0.25, 0.3) is 10.1 Å². The first kappa shape index (κ1) is 40.2. The number of hydrogen-bond donors (Lipinski definition) is 2. The van der Waals surface area contributed by atoms with E-state index in [-0.39, 0.29) is 34.1 Å². The molecular formula is C33H32F6N4O7S2. The number of anilines is 2. The molecule has 3 atom stereocenters. The summed E-state index contributed by atoms with van der Waals surface area (Å²) in [5.41, 5.74) is -0.0995. The lowest BCUT2D eigenvalue weighted by atomic mass is 10.1. The van der Waals surface area contributed by atoms with Gasteiger partial charge in [0, 0.05) is 22.0 Å². The van der Waals surface area contributed by atoms with E-state index in [0.717, 1.165) is 5.56 Å².